The molecule has 0 radical (unpaired) electrons. The smallest absolute Gasteiger partial charge is 0.345 e. The molecule has 1 saturated heterocycles. The van der Waals surface area contributed by atoms with Crippen molar-refractivity contribution in [2.45, 2.75) is 70.4 Å². The van der Waals surface area contributed by atoms with E-state index in [2.05, 4.69) is 11.9 Å². The van der Waals surface area contributed by atoms with Gasteiger partial charge in [0.1, 0.15) is 4.88 Å². The van der Waals surface area contributed by atoms with Gasteiger partial charge in [-0.25, -0.2) is 4.79 Å². The number of aromatic nitrogens is 1. The largest absolute Gasteiger partial charge is 0.477 e. The fraction of sp³-hybridized carbons (Fsp3) is 0.500. The summed E-state index contributed by atoms with van der Waals surface area (Å²) < 4.78 is 0. The molecule has 1 aliphatic heterocycles. The Bertz CT molecular complexity index is 834. The minimum atomic E-state index is -0.886. The number of nitrogens with zero attached hydrogens (tertiary/aromatic N) is 2. The lowest BCUT2D eigenvalue weighted by Gasteiger charge is -2.40. The summed E-state index contributed by atoms with van der Waals surface area (Å²) >= 11 is 1.31. The fourth-order valence-corrected chi connectivity index (χ4v) is 4.57. The number of hydrogen-bond acceptors (Lipinski definition) is 5. The molecule has 29 heavy (non-hydrogen) atoms. The molecule has 2 atom stereocenters. The Hall–Kier alpha value is -2.25. The minimum absolute atomic E-state index is 0.0948. The number of anilines is 1. The Labute approximate surface area is 175 Å². The number of unbranched alkanes of at least 4 members (excludes halogenated alkanes) is 2. The third-order valence-electron chi connectivity index (χ3n) is 5.35. The van der Waals surface area contributed by atoms with Crippen LogP contribution in [0, 0.1) is 0 Å². The highest BCUT2D eigenvalue weighted by molar-refractivity contribution is 7.13. The minimum Gasteiger partial charge on any atom is -0.477 e. The lowest BCUT2D eigenvalue weighted by Crippen LogP contribution is -2.52. The Balaban J connectivity index is 1.51. The van der Waals surface area contributed by atoms with Gasteiger partial charge in [-0.1, -0.05) is 26.2 Å². The molecule has 0 aromatic carbocycles. The molecule has 2 aromatic heterocycles. The zero-order chi connectivity index (χ0) is 20.8. The van der Waals surface area contributed by atoms with Gasteiger partial charge in [0.05, 0.1) is 23.7 Å². The van der Waals surface area contributed by atoms with Crippen molar-refractivity contribution < 1.29 is 19.8 Å². The lowest BCUT2D eigenvalue weighted by molar-refractivity contribution is -0.124. The summed E-state index contributed by atoms with van der Waals surface area (Å²) in [5.41, 5.74) is 1.43. The zero-order valence-electron chi connectivity index (χ0n) is 16.7. The van der Waals surface area contributed by atoms with Crippen molar-refractivity contribution in [3.63, 3.8) is 0 Å². The van der Waals surface area contributed by atoms with Crippen molar-refractivity contribution in [2.24, 2.45) is 0 Å². The van der Waals surface area contributed by atoms with E-state index in [9.17, 15) is 14.7 Å². The molecule has 2 N–H and O–H groups in total. The highest BCUT2D eigenvalue weighted by Crippen LogP contribution is 2.31. The molecule has 6 nitrogen and oxygen atoms in total. The number of thiophene rings is 1. The molecule has 1 fully saturated rings. The normalized spacial score (nSPS) is 17.2. The zero-order valence-corrected chi connectivity index (χ0v) is 17.5. The number of carboxylic acid groups (broad SMARTS) is 1. The van der Waals surface area contributed by atoms with Crippen LogP contribution in [0.2, 0.25) is 0 Å². The summed E-state index contributed by atoms with van der Waals surface area (Å²) in [5.74, 6) is -0.791. The average Bonchev–Trinajstić information content (AvgIpc) is 3.17. The van der Waals surface area contributed by atoms with Gasteiger partial charge in [0.2, 0.25) is 5.91 Å². The van der Waals surface area contributed by atoms with E-state index in [1.54, 1.807) is 17.2 Å². The number of aromatic carboxylic acids is 1. The number of carbonyl (C=O) groups excluding carboxylic acids is 1. The molecule has 2 aromatic rings. The van der Waals surface area contributed by atoms with Crippen LogP contribution in [-0.4, -0.2) is 33.1 Å². The Morgan fingerprint density at radius 2 is 2.10 bits per heavy atom. The highest BCUT2D eigenvalue weighted by Gasteiger charge is 2.36. The number of aryl methyl sites for hydroxylation is 1. The second-order valence-corrected chi connectivity index (χ2v) is 8.71. The van der Waals surface area contributed by atoms with Gasteiger partial charge in [-0.2, -0.15) is 0 Å². The second kappa shape index (κ2) is 9.98. The quantitative estimate of drug-likeness (QED) is 0.413. The summed E-state index contributed by atoms with van der Waals surface area (Å²) in [4.78, 5) is 30.7. The molecule has 1 unspecified atom stereocenters. The van der Waals surface area contributed by atoms with Gasteiger partial charge < -0.3 is 15.1 Å². The van der Waals surface area contributed by atoms with Gasteiger partial charge in [-0.15, -0.1) is 11.3 Å². The van der Waals surface area contributed by atoms with Crippen LogP contribution in [-0.2, 0) is 11.2 Å². The maximum absolute atomic E-state index is 12.1. The molecule has 1 amide bonds. The van der Waals surface area contributed by atoms with Crippen molar-refractivity contribution in [1.29, 1.82) is 0 Å². The van der Waals surface area contributed by atoms with E-state index in [0.717, 1.165) is 49.1 Å². The number of aliphatic hydroxyl groups excluding tert-OH is 1. The van der Waals surface area contributed by atoms with E-state index < -0.39 is 12.1 Å². The molecule has 3 heterocycles. The third kappa shape index (κ3) is 5.42. The maximum atomic E-state index is 12.1. The molecular formula is C22H28N2O4S. The van der Waals surface area contributed by atoms with Gasteiger partial charge >= 0.3 is 5.97 Å². The molecular weight excluding hydrogens is 388 g/mol. The lowest BCUT2D eigenvalue weighted by atomic mass is 9.95. The van der Waals surface area contributed by atoms with Crippen molar-refractivity contribution in [3.8, 4) is 0 Å². The van der Waals surface area contributed by atoms with Gasteiger partial charge in [0, 0.05) is 17.3 Å². The highest BCUT2D eigenvalue weighted by atomic mass is 32.1. The average molecular weight is 417 g/mol. The number of rotatable bonds is 11. The standard InChI is InChI=1S/C22H28N2O4S/c1-2-3-4-8-19(25)18-11-9-16(14-23-18)24-15(13-21(24)26)6-5-7-17-10-12-20(29-17)22(27)28/h9-12,14-15,19,25H,2-8,13H2,1H3,(H,27,28)/t15-,19?/m0/s1. The van der Waals surface area contributed by atoms with Crippen molar-refractivity contribution in [3.05, 3.63) is 45.9 Å². The number of carboxylic acids is 1. The summed E-state index contributed by atoms with van der Waals surface area (Å²) in [5, 5.41) is 19.2. The summed E-state index contributed by atoms with van der Waals surface area (Å²) in [6, 6.07) is 7.35. The van der Waals surface area contributed by atoms with E-state index in [1.165, 1.54) is 11.3 Å². The molecule has 0 aliphatic carbocycles. The number of β-lactam (4-membered cyclic amide) rings is 1. The summed E-state index contributed by atoms with van der Waals surface area (Å²) in [6.07, 6.45) is 8.14. The van der Waals surface area contributed by atoms with Crippen LogP contribution in [0.25, 0.3) is 0 Å². The molecule has 0 bridgehead atoms. The van der Waals surface area contributed by atoms with Gasteiger partial charge in [0.15, 0.2) is 0 Å². The van der Waals surface area contributed by atoms with Crippen LogP contribution in [0.5, 0.6) is 0 Å². The summed E-state index contributed by atoms with van der Waals surface area (Å²) in [6.45, 7) is 2.13. The monoisotopic (exact) mass is 416 g/mol. The van der Waals surface area contributed by atoms with Crippen LogP contribution in [0.4, 0.5) is 5.69 Å². The van der Waals surface area contributed by atoms with E-state index in [0.29, 0.717) is 23.4 Å². The number of pyridine rings is 1. The van der Waals surface area contributed by atoms with Gasteiger partial charge in [-0.3, -0.25) is 9.78 Å². The molecule has 3 rings (SSSR count). The van der Waals surface area contributed by atoms with Crippen molar-refractivity contribution in [2.75, 3.05) is 4.90 Å². The predicted molar refractivity (Wildman–Crippen MR) is 113 cm³/mol. The first kappa shape index (κ1) is 21.5. The van der Waals surface area contributed by atoms with Crippen LogP contribution in [0.3, 0.4) is 0 Å². The second-order valence-electron chi connectivity index (χ2n) is 7.54. The van der Waals surface area contributed by atoms with Crippen LogP contribution >= 0.6 is 11.3 Å². The topological polar surface area (TPSA) is 90.7 Å². The van der Waals surface area contributed by atoms with Crippen LogP contribution in [0.1, 0.15) is 78.2 Å². The number of hydrogen-bond donors (Lipinski definition) is 2. The Kier molecular flexibility index (Phi) is 7.39. The van der Waals surface area contributed by atoms with E-state index >= 15 is 0 Å². The number of amides is 1. The van der Waals surface area contributed by atoms with Crippen LogP contribution in [0.15, 0.2) is 30.5 Å². The number of carbonyl (C=O) groups is 2. The van der Waals surface area contributed by atoms with Crippen molar-refractivity contribution >= 4 is 28.9 Å². The van der Waals surface area contributed by atoms with E-state index in [-0.39, 0.29) is 11.9 Å². The fourth-order valence-electron chi connectivity index (χ4n) is 3.68. The molecule has 156 valence electrons. The first-order chi connectivity index (χ1) is 14.0. The number of aliphatic hydroxyl groups is 1. The van der Waals surface area contributed by atoms with E-state index in [1.807, 2.05) is 18.2 Å². The maximum Gasteiger partial charge on any atom is 0.345 e. The predicted octanol–water partition coefficient (Wildman–Crippen LogP) is 4.58. The third-order valence-corrected chi connectivity index (χ3v) is 6.48. The molecule has 1 aliphatic rings. The first-order valence-corrected chi connectivity index (χ1v) is 11.1. The van der Waals surface area contributed by atoms with Crippen molar-refractivity contribution in [1.82, 2.24) is 4.98 Å². The first-order valence-electron chi connectivity index (χ1n) is 10.3. The molecule has 0 saturated carbocycles. The molecule has 0 spiro atoms. The Morgan fingerprint density at radius 1 is 1.28 bits per heavy atom. The van der Waals surface area contributed by atoms with Crippen LogP contribution < -0.4 is 4.90 Å². The van der Waals surface area contributed by atoms with Gasteiger partial charge in [0.25, 0.3) is 0 Å². The van der Waals surface area contributed by atoms with Gasteiger partial charge in [-0.05, 0) is 49.9 Å². The SMILES string of the molecule is CCCCCC(O)c1ccc(N2C(=O)C[C@@H]2CCCc2ccc(C(=O)O)s2)cn1. The Morgan fingerprint density at radius 3 is 2.72 bits per heavy atom. The summed E-state index contributed by atoms with van der Waals surface area (Å²) in [7, 11) is 0. The molecule has 7 heteroatoms. The van der Waals surface area contributed by atoms with E-state index in [4.69, 9.17) is 5.11 Å².